The molecule has 8 nitrogen and oxygen atoms in total. The highest BCUT2D eigenvalue weighted by Crippen LogP contribution is 2.40. The number of ether oxygens (including phenoxy) is 3. The molecular weight excluding hydrogens is 408 g/mol. The molecule has 2 aliphatic heterocycles. The van der Waals surface area contributed by atoms with E-state index in [1.165, 1.54) is 30.4 Å². The number of thiophene rings is 1. The highest BCUT2D eigenvalue weighted by atomic mass is 32.1. The molecule has 162 valence electrons. The Morgan fingerprint density at radius 3 is 2.40 bits per heavy atom. The lowest BCUT2D eigenvalue weighted by Crippen LogP contribution is -2.48. The summed E-state index contributed by atoms with van der Waals surface area (Å²) < 4.78 is 16.5. The van der Waals surface area contributed by atoms with Gasteiger partial charge < -0.3 is 24.0 Å². The van der Waals surface area contributed by atoms with Gasteiger partial charge in [0.05, 0.1) is 18.1 Å². The lowest BCUT2D eigenvalue weighted by atomic mass is 9.91. The summed E-state index contributed by atoms with van der Waals surface area (Å²) in [4.78, 5) is 44.2. The summed E-state index contributed by atoms with van der Waals surface area (Å²) in [6, 6.07) is 0. The average Bonchev–Trinajstić information content (AvgIpc) is 3.30. The fourth-order valence-corrected chi connectivity index (χ4v) is 5.41. The second kappa shape index (κ2) is 7.88. The monoisotopic (exact) mass is 434 g/mol. The van der Waals surface area contributed by atoms with Crippen molar-refractivity contribution in [3.63, 3.8) is 0 Å². The predicted octanol–water partition coefficient (Wildman–Crippen LogP) is 1.90. The first-order chi connectivity index (χ1) is 14.3. The van der Waals surface area contributed by atoms with E-state index in [1.807, 2.05) is 18.7 Å². The molecule has 1 aromatic heterocycles. The number of allylic oxidation sites excluding steroid dienone is 2. The van der Waals surface area contributed by atoms with Gasteiger partial charge >= 0.3 is 0 Å². The first-order valence-electron chi connectivity index (χ1n) is 10.0. The van der Waals surface area contributed by atoms with Crippen LogP contribution in [0.1, 0.15) is 43.3 Å². The number of nitrogens with zero attached hydrogens (tertiary/aromatic N) is 2. The minimum Gasteiger partial charge on any atom is -0.375 e. The normalized spacial score (nSPS) is 20.9. The maximum Gasteiger partial charge on any atom is 0.252 e. The van der Waals surface area contributed by atoms with E-state index in [0.29, 0.717) is 49.6 Å². The van der Waals surface area contributed by atoms with E-state index < -0.39 is 5.79 Å². The van der Waals surface area contributed by atoms with Crippen LogP contribution in [0.5, 0.6) is 0 Å². The van der Waals surface area contributed by atoms with E-state index in [4.69, 9.17) is 14.2 Å². The summed E-state index contributed by atoms with van der Waals surface area (Å²) in [7, 11) is 2.95. The van der Waals surface area contributed by atoms with Crippen molar-refractivity contribution in [3.05, 3.63) is 32.3 Å². The number of carbonyl (C=O) groups is 3. The molecule has 1 amide bonds. The third-order valence-corrected chi connectivity index (χ3v) is 7.31. The number of ketones is 2. The first kappa shape index (κ1) is 21.2. The molecular formula is C21H26N2O6S. The van der Waals surface area contributed by atoms with E-state index in [1.54, 1.807) is 0 Å². The third-order valence-electron chi connectivity index (χ3n) is 6.11. The van der Waals surface area contributed by atoms with Crippen molar-refractivity contribution in [2.75, 3.05) is 47.1 Å². The van der Waals surface area contributed by atoms with Crippen molar-refractivity contribution in [1.82, 2.24) is 9.80 Å². The summed E-state index contributed by atoms with van der Waals surface area (Å²) in [5.74, 6) is -1.47. The standard InChI is InChI=1S/C21H26N2O6S/c1-12-13(2)30-20-15(12)18(25)16(22(3)14(24)11-27-4)17(19(20)26)23-7-5-21(6-8-23)28-9-10-29-21/h5-11H2,1-4H3. The second-order valence-electron chi connectivity index (χ2n) is 7.82. The van der Waals surface area contributed by atoms with Crippen molar-refractivity contribution in [2.45, 2.75) is 32.5 Å². The van der Waals surface area contributed by atoms with Crippen molar-refractivity contribution >= 4 is 28.8 Å². The largest absolute Gasteiger partial charge is 0.375 e. The van der Waals surface area contributed by atoms with Crippen LogP contribution in [0.15, 0.2) is 11.4 Å². The van der Waals surface area contributed by atoms with Crippen LogP contribution in [0.25, 0.3) is 0 Å². The van der Waals surface area contributed by atoms with Crippen LogP contribution in [0.3, 0.4) is 0 Å². The molecule has 4 rings (SSSR count). The van der Waals surface area contributed by atoms with Gasteiger partial charge in [0.1, 0.15) is 18.0 Å². The minimum absolute atomic E-state index is 0.125. The van der Waals surface area contributed by atoms with Gasteiger partial charge in [0.15, 0.2) is 5.79 Å². The zero-order valence-corrected chi connectivity index (χ0v) is 18.5. The fourth-order valence-electron chi connectivity index (χ4n) is 4.31. The zero-order valence-electron chi connectivity index (χ0n) is 17.7. The number of fused-ring (bicyclic) bond motifs is 1. The Morgan fingerprint density at radius 2 is 1.80 bits per heavy atom. The highest BCUT2D eigenvalue weighted by molar-refractivity contribution is 7.15. The van der Waals surface area contributed by atoms with Gasteiger partial charge in [-0.2, -0.15) is 0 Å². The molecule has 30 heavy (non-hydrogen) atoms. The Labute approximate surface area is 179 Å². The topological polar surface area (TPSA) is 85.4 Å². The summed E-state index contributed by atoms with van der Waals surface area (Å²) >= 11 is 1.34. The molecule has 3 heterocycles. The Bertz CT molecular complexity index is 934. The van der Waals surface area contributed by atoms with E-state index in [0.717, 1.165) is 10.4 Å². The van der Waals surface area contributed by atoms with Crippen molar-refractivity contribution in [1.29, 1.82) is 0 Å². The number of amides is 1. The van der Waals surface area contributed by atoms with Crippen LogP contribution in [0.2, 0.25) is 0 Å². The quantitative estimate of drug-likeness (QED) is 0.715. The second-order valence-corrected chi connectivity index (χ2v) is 9.05. The molecule has 0 unspecified atom stereocenters. The molecule has 1 spiro atoms. The SMILES string of the molecule is COCC(=O)N(C)C1=C(N2CCC3(CC2)OCCO3)C(=O)c2sc(C)c(C)c2C1=O. The number of Topliss-reactive ketones (excluding diaryl/α,β-unsaturated/α-hetero) is 2. The van der Waals surface area contributed by atoms with E-state index in [2.05, 4.69) is 0 Å². The van der Waals surface area contributed by atoms with Crippen molar-refractivity contribution in [2.24, 2.45) is 0 Å². The van der Waals surface area contributed by atoms with Crippen molar-refractivity contribution < 1.29 is 28.6 Å². The fraction of sp³-hybridized carbons (Fsp3) is 0.571. The highest BCUT2D eigenvalue weighted by Gasteiger charge is 2.45. The molecule has 0 N–H and O–H groups in total. The molecule has 0 bridgehead atoms. The Kier molecular flexibility index (Phi) is 5.56. The summed E-state index contributed by atoms with van der Waals surface area (Å²) in [5.41, 5.74) is 1.62. The van der Waals surface area contributed by atoms with E-state index in [9.17, 15) is 14.4 Å². The molecule has 1 aliphatic carbocycles. The number of aryl methyl sites for hydroxylation is 1. The smallest absolute Gasteiger partial charge is 0.252 e. The van der Waals surface area contributed by atoms with Gasteiger partial charge in [-0.3, -0.25) is 14.4 Å². The van der Waals surface area contributed by atoms with E-state index >= 15 is 0 Å². The summed E-state index contributed by atoms with van der Waals surface area (Å²) in [5, 5.41) is 0. The van der Waals surface area contributed by atoms with Crippen LogP contribution in [0.4, 0.5) is 0 Å². The predicted molar refractivity (Wildman–Crippen MR) is 110 cm³/mol. The number of hydrogen-bond acceptors (Lipinski definition) is 8. The molecule has 3 aliphatic rings. The maximum absolute atomic E-state index is 13.6. The number of carbonyl (C=O) groups excluding carboxylic acids is 3. The number of rotatable bonds is 4. The summed E-state index contributed by atoms with van der Waals surface area (Å²) in [6.07, 6.45) is 1.19. The molecule has 1 aromatic rings. The Balaban J connectivity index is 1.76. The molecule has 0 atom stereocenters. The molecule has 2 fully saturated rings. The van der Waals surface area contributed by atoms with Crippen LogP contribution < -0.4 is 0 Å². The Hall–Kier alpha value is -2.07. The average molecular weight is 435 g/mol. The van der Waals surface area contributed by atoms with Crippen molar-refractivity contribution in [3.8, 4) is 0 Å². The van der Waals surface area contributed by atoms with Gasteiger partial charge in [0, 0.05) is 50.5 Å². The van der Waals surface area contributed by atoms with Crippen LogP contribution >= 0.6 is 11.3 Å². The Morgan fingerprint density at radius 1 is 1.17 bits per heavy atom. The lowest BCUT2D eigenvalue weighted by molar-refractivity contribution is -0.182. The number of hydrogen-bond donors (Lipinski definition) is 0. The molecule has 0 radical (unpaired) electrons. The van der Waals surface area contributed by atoms with Gasteiger partial charge in [-0.15, -0.1) is 11.3 Å². The number of piperidine rings is 1. The van der Waals surface area contributed by atoms with Crippen LogP contribution in [0, 0.1) is 13.8 Å². The molecule has 2 saturated heterocycles. The minimum atomic E-state index is -0.599. The van der Waals surface area contributed by atoms with Gasteiger partial charge in [0.2, 0.25) is 11.6 Å². The third kappa shape index (κ3) is 3.30. The summed E-state index contributed by atoms with van der Waals surface area (Å²) in [6.45, 7) is 5.71. The molecule has 0 saturated carbocycles. The van der Waals surface area contributed by atoms with Gasteiger partial charge in [0.25, 0.3) is 5.91 Å². The maximum atomic E-state index is 13.6. The van der Waals surface area contributed by atoms with Crippen LogP contribution in [-0.2, 0) is 19.0 Å². The van der Waals surface area contributed by atoms with E-state index in [-0.39, 0.29) is 35.5 Å². The van der Waals surface area contributed by atoms with Gasteiger partial charge in [-0.25, -0.2) is 0 Å². The number of likely N-dealkylation sites (N-methyl/N-ethyl adjacent to an activating group) is 1. The number of methoxy groups -OCH3 is 1. The zero-order chi connectivity index (χ0) is 21.6. The van der Waals surface area contributed by atoms with Gasteiger partial charge in [-0.1, -0.05) is 0 Å². The number of likely N-dealkylation sites (tertiary alicyclic amines) is 1. The lowest BCUT2D eigenvalue weighted by Gasteiger charge is -2.41. The van der Waals surface area contributed by atoms with Gasteiger partial charge in [-0.05, 0) is 19.4 Å². The molecule has 9 heteroatoms. The first-order valence-corrected chi connectivity index (χ1v) is 10.8. The molecule has 0 aromatic carbocycles. The van der Waals surface area contributed by atoms with Crippen LogP contribution in [-0.4, -0.2) is 80.1 Å².